The molecule has 84 valence electrons. The van der Waals surface area contributed by atoms with Crippen molar-refractivity contribution in [2.24, 2.45) is 0 Å². The Morgan fingerprint density at radius 1 is 1.12 bits per heavy atom. The maximum Gasteiger partial charge on any atom is 0.183 e. The van der Waals surface area contributed by atoms with Crippen molar-refractivity contribution in [1.29, 1.82) is 0 Å². The van der Waals surface area contributed by atoms with Crippen molar-refractivity contribution < 1.29 is 0 Å². The van der Waals surface area contributed by atoms with Gasteiger partial charge in [0, 0.05) is 16.2 Å². The summed E-state index contributed by atoms with van der Waals surface area (Å²) in [5.74, 6) is 0.739. The Morgan fingerprint density at radius 2 is 1.94 bits per heavy atom. The number of benzene rings is 1. The summed E-state index contributed by atoms with van der Waals surface area (Å²) in [5.41, 5.74) is 3.04. The molecule has 0 aliphatic heterocycles. The molecule has 0 fully saturated rings. The lowest BCUT2D eigenvalue weighted by atomic mass is 10.2. The molecule has 0 radical (unpaired) electrons. The minimum atomic E-state index is 0.739. The molecule has 0 atom stereocenters. The van der Waals surface area contributed by atoms with Crippen molar-refractivity contribution in [2.45, 2.75) is 6.92 Å². The quantitative estimate of drug-likeness (QED) is 0.686. The summed E-state index contributed by atoms with van der Waals surface area (Å²) < 4.78 is 2.82. The van der Waals surface area contributed by atoms with E-state index >= 15 is 0 Å². The Labute approximate surface area is 107 Å². The maximum atomic E-state index is 4.51. The molecule has 3 aromatic rings. The number of aromatic nitrogens is 3. The van der Waals surface area contributed by atoms with Crippen molar-refractivity contribution in [3.05, 3.63) is 52.6 Å². The number of hydrogen-bond acceptors (Lipinski definition) is 2. The molecule has 0 amide bonds. The van der Waals surface area contributed by atoms with Gasteiger partial charge in [-0.3, -0.25) is 0 Å². The van der Waals surface area contributed by atoms with E-state index < -0.39 is 0 Å². The molecular weight excluding hydrogens is 278 g/mol. The lowest BCUT2D eigenvalue weighted by molar-refractivity contribution is 0.956. The molecule has 4 heteroatoms. The zero-order valence-electron chi connectivity index (χ0n) is 9.26. The Bertz CT molecular complexity index is 688. The van der Waals surface area contributed by atoms with E-state index in [2.05, 4.69) is 26.0 Å². The summed E-state index contributed by atoms with van der Waals surface area (Å²) in [5, 5.41) is 4.48. The normalized spacial score (nSPS) is 10.9. The molecule has 0 N–H and O–H groups in total. The molecule has 2 heterocycles. The van der Waals surface area contributed by atoms with Gasteiger partial charge in [0.05, 0.1) is 0 Å². The Morgan fingerprint density at radius 3 is 2.76 bits per heavy atom. The number of fused-ring (bicyclic) bond motifs is 1. The predicted octanol–water partition coefficient (Wildman–Crippen LogP) is 3.47. The van der Waals surface area contributed by atoms with Crippen LogP contribution in [0.25, 0.3) is 17.0 Å². The fraction of sp³-hybridized carbons (Fsp3) is 0.0769. The fourth-order valence-corrected chi connectivity index (χ4v) is 2.20. The molecule has 0 saturated carbocycles. The maximum absolute atomic E-state index is 4.51. The first-order chi connectivity index (χ1) is 8.24. The van der Waals surface area contributed by atoms with E-state index in [4.69, 9.17) is 0 Å². The summed E-state index contributed by atoms with van der Waals surface area (Å²) in [4.78, 5) is 4.51. The Hall–Kier alpha value is -1.68. The van der Waals surface area contributed by atoms with E-state index in [9.17, 15) is 0 Å². The van der Waals surface area contributed by atoms with Crippen LogP contribution in [0.1, 0.15) is 5.56 Å². The van der Waals surface area contributed by atoms with Crippen molar-refractivity contribution in [1.82, 2.24) is 14.6 Å². The topological polar surface area (TPSA) is 30.2 Å². The van der Waals surface area contributed by atoms with Crippen molar-refractivity contribution in [3.63, 3.8) is 0 Å². The largest absolute Gasteiger partial charge is 0.220 e. The smallest absolute Gasteiger partial charge is 0.183 e. The minimum Gasteiger partial charge on any atom is -0.220 e. The summed E-state index contributed by atoms with van der Waals surface area (Å²) in [6.07, 6.45) is 1.97. The molecular formula is C13H10BrN3. The molecule has 3 rings (SSSR count). The molecule has 0 unspecified atom stereocenters. The second-order valence-electron chi connectivity index (χ2n) is 3.92. The number of hydrogen-bond donors (Lipinski definition) is 0. The summed E-state index contributed by atoms with van der Waals surface area (Å²) >= 11 is 3.52. The first-order valence-electron chi connectivity index (χ1n) is 5.32. The average Bonchev–Trinajstić information content (AvgIpc) is 2.72. The van der Waals surface area contributed by atoms with Crippen molar-refractivity contribution >= 4 is 21.6 Å². The van der Waals surface area contributed by atoms with Crippen molar-refractivity contribution in [2.75, 3.05) is 0 Å². The van der Waals surface area contributed by atoms with E-state index in [1.54, 1.807) is 0 Å². The van der Waals surface area contributed by atoms with Gasteiger partial charge in [-0.1, -0.05) is 34.1 Å². The summed E-state index contributed by atoms with van der Waals surface area (Å²) in [7, 11) is 0. The Kier molecular flexibility index (Phi) is 2.44. The Balaban J connectivity index is 2.22. The number of aryl methyl sites for hydroxylation is 1. The third-order valence-electron chi connectivity index (χ3n) is 2.59. The van der Waals surface area contributed by atoms with Crippen LogP contribution in [-0.2, 0) is 0 Å². The number of halogens is 1. The standard InChI is InChI=1S/C13H10BrN3/c1-9-6-7-12-15-13(16-17(12)8-9)10-4-2-3-5-11(10)14/h2-8H,1H3. The number of rotatable bonds is 1. The van der Waals surface area contributed by atoms with Crippen LogP contribution in [0.3, 0.4) is 0 Å². The third-order valence-corrected chi connectivity index (χ3v) is 3.29. The second-order valence-corrected chi connectivity index (χ2v) is 4.78. The van der Waals surface area contributed by atoms with E-state index in [1.165, 1.54) is 5.56 Å². The molecule has 0 saturated heterocycles. The van der Waals surface area contributed by atoms with Crippen molar-refractivity contribution in [3.8, 4) is 11.4 Å². The zero-order valence-corrected chi connectivity index (χ0v) is 10.8. The molecule has 1 aromatic carbocycles. The van der Waals surface area contributed by atoms with Gasteiger partial charge < -0.3 is 0 Å². The van der Waals surface area contributed by atoms with Gasteiger partial charge >= 0.3 is 0 Å². The molecule has 0 bridgehead atoms. The van der Waals surface area contributed by atoms with E-state index in [-0.39, 0.29) is 0 Å². The van der Waals surface area contributed by atoms with Crippen LogP contribution < -0.4 is 0 Å². The highest BCUT2D eigenvalue weighted by atomic mass is 79.9. The average molecular weight is 288 g/mol. The number of pyridine rings is 1. The molecule has 0 aliphatic rings. The second kappa shape index (κ2) is 3.96. The van der Waals surface area contributed by atoms with E-state index in [0.717, 1.165) is 21.5 Å². The zero-order chi connectivity index (χ0) is 11.8. The monoisotopic (exact) mass is 287 g/mol. The van der Waals surface area contributed by atoms with Crippen LogP contribution in [-0.4, -0.2) is 14.6 Å². The van der Waals surface area contributed by atoms with Gasteiger partial charge in [-0.15, -0.1) is 5.10 Å². The summed E-state index contributed by atoms with van der Waals surface area (Å²) in [6.45, 7) is 2.04. The van der Waals surface area contributed by atoms with Gasteiger partial charge in [0.2, 0.25) is 0 Å². The SMILES string of the molecule is Cc1ccc2nc(-c3ccccc3Br)nn2c1. The first-order valence-corrected chi connectivity index (χ1v) is 6.11. The van der Waals surface area contributed by atoms with Crippen LogP contribution in [0, 0.1) is 6.92 Å². The van der Waals surface area contributed by atoms with E-state index in [1.807, 2.05) is 54.0 Å². The van der Waals surface area contributed by atoms with Gasteiger partial charge in [0.1, 0.15) is 0 Å². The highest BCUT2D eigenvalue weighted by Crippen LogP contribution is 2.25. The van der Waals surface area contributed by atoms with Gasteiger partial charge in [-0.25, -0.2) is 9.50 Å². The minimum absolute atomic E-state index is 0.739. The molecule has 0 spiro atoms. The van der Waals surface area contributed by atoms with Crippen LogP contribution in [0.4, 0.5) is 0 Å². The molecule has 0 aliphatic carbocycles. The van der Waals surface area contributed by atoms with Gasteiger partial charge in [0.15, 0.2) is 11.5 Å². The predicted molar refractivity (Wildman–Crippen MR) is 70.9 cm³/mol. The van der Waals surface area contributed by atoms with Gasteiger partial charge in [-0.05, 0) is 30.7 Å². The van der Waals surface area contributed by atoms with Crippen LogP contribution >= 0.6 is 15.9 Å². The van der Waals surface area contributed by atoms with Crippen LogP contribution in [0.5, 0.6) is 0 Å². The lowest BCUT2D eigenvalue weighted by Crippen LogP contribution is -1.87. The molecule has 3 nitrogen and oxygen atoms in total. The lowest BCUT2D eigenvalue weighted by Gasteiger charge is -1.97. The number of nitrogens with zero attached hydrogens (tertiary/aromatic N) is 3. The summed E-state index contributed by atoms with van der Waals surface area (Å²) in [6, 6.07) is 12.0. The highest BCUT2D eigenvalue weighted by Gasteiger charge is 2.08. The molecule has 17 heavy (non-hydrogen) atoms. The first kappa shape index (κ1) is 10.5. The van der Waals surface area contributed by atoms with E-state index in [0.29, 0.717) is 0 Å². The van der Waals surface area contributed by atoms with Crippen LogP contribution in [0.15, 0.2) is 47.1 Å². The van der Waals surface area contributed by atoms with Gasteiger partial charge in [-0.2, -0.15) is 0 Å². The van der Waals surface area contributed by atoms with Crippen LogP contribution in [0.2, 0.25) is 0 Å². The molecule has 2 aromatic heterocycles. The third kappa shape index (κ3) is 1.85. The highest BCUT2D eigenvalue weighted by molar-refractivity contribution is 9.10. The fourth-order valence-electron chi connectivity index (χ4n) is 1.74. The van der Waals surface area contributed by atoms with Gasteiger partial charge in [0.25, 0.3) is 0 Å².